The summed E-state index contributed by atoms with van der Waals surface area (Å²) >= 11 is 1.51. The van der Waals surface area contributed by atoms with Crippen molar-refractivity contribution in [3.05, 3.63) is 45.5 Å². The Morgan fingerprint density at radius 2 is 2.21 bits per heavy atom. The number of ketones is 1. The molecule has 0 aliphatic rings. The van der Waals surface area contributed by atoms with Gasteiger partial charge in [-0.2, -0.15) is 0 Å². The molecule has 0 fully saturated rings. The average Bonchev–Trinajstić information content (AvgIpc) is 2.76. The first-order valence-electron chi connectivity index (χ1n) is 4.33. The normalized spacial score (nSPS) is 10.4. The summed E-state index contributed by atoms with van der Waals surface area (Å²) in [6.45, 7) is 4.02. The molecule has 0 spiro atoms. The Hall–Kier alpha value is -1.35. The number of hydrogen-bond acceptors (Lipinski definition) is 3. The standard InChI is InChI=1S/C11H10O2S/c1-7-6-10(14-8(7)2)11(12)9-4-3-5-13-9/h3-6H,1-2H3. The van der Waals surface area contributed by atoms with E-state index in [4.69, 9.17) is 4.42 Å². The average molecular weight is 206 g/mol. The summed E-state index contributed by atoms with van der Waals surface area (Å²) in [6.07, 6.45) is 1.51. The minimum Gasteiger partial charge on any atom is -0.461 e. The molecule has 0 amide bonds. The Bertz CT molecular complexity index is 432. The summed E-state index contributed by atoms with van der Waals surface area (Å²) < 4.78 is 5.06. The van der Waals surface area contributed by atoms with Gasteiger partial charge in [0, 0.05) is 4.88 Å². The van der Waals surface area contributed by atoms with Crippen molar-refractivity contribution in [1.82, 2.24) is 0 Å². The summed E-state index contributed by atoms with van der Waals surface area (Å²) in [5.41, 5.74) is 1.16. The minimum absolute atomic E-state index is 0.0313. The highest BCUT2D eigenvalue weighted by Crippen LogP contribution is 2.23. The lowest BCUT2D eigenvalue weighted by atomic mass is 10.2. The van der Waals surface area contributed by atoms with Crippen molar-refractivity contribution in [3.8, 4) is 0 Å². The van der Waals surface area contributed by atoms with Crippen LogP contribution in [-0.4, -0.2) is 5.78 Å². The van der Waals surface area contributed by atoms with Gasteiger partial charge in [-0.25, -0.2) is 0 Å². The van der Waals surface area contributed by atoms with Crippen molar-refractivity contribution >= 4 is 17.1 Å². The van der Waals surface area contributed by atoms with E-state index in [-0.39, 0.29) is 5.78 Å². The number of carbonyl (C=O) groups excluding carboxylic acids is 1. The molecule has 0 N–H and O–H groups in total. The molecule has 2 nitrogen and oxygen atoms in total. The van der Waals surface area contributed by atoms with Crippen LogP contribution >= 0.6 is 11.3 Å². The molecule has 0 saturated carbocycles. The molecule has 0 aliphatic heterocycles. The second-order valence-electron chi connectivity index (χ2n) is 3.16. The number of carbonyl (C=O) groups is 1. The van der Waals surface area contributed by atoms with Gasteiger partial charge in [0.25, 0.3) is 0 Å². The largest absolute Gasteiger partial charge is 0.461 e. The number of rotatable bonds is 2. The summed E-state index contributed by atoms with van der Waals surface area (Å²) in [4.78, 5) is 13.7. The number of thiophene rings is 1. The predicted octanol–water partition coefficient (Wildman–Crippen LogP) is 3.19. The molecule has 0 unspecified atom stereocenters. The SMILES string of the molecule is Cc1cc(C(=O)c2ccco2)sc1C. The van der Waals surface area contributed by atoms with Crippen LogP contribution in [-0.2, 0) is 0 Å². The van der Waals surface area contributed by atoms with Gasteiger partial charge in [-0.15, -0.1) is 11.3 Å². The molecule has 0 bridgehead atoms. The lowest BCUT2D eigenvalue weighted by Crippen LogP contribution is -1.95. The van der Waals surface area contributed by atoms with E-state index in [9.17, 15) is 4.79 Å². The maximum Gasteiger partial charge on any atom is 0.238 e. The molecule has 2 rings (SSSR count). The van der Waals surface area contributed by atoms with E-state index < -0.39 is 0 Å². The highest BCUT2D eigenvalue weighted by atomic mass is 32.1. The van der Waals surface area contributed by atoms with Crippen molar-refractivity contribution in [1.29, 1.82) is 0 Å². The number of aryl methyl sites for hydroxylation is 2. The van der Waals surface area contributed by atoms with Gasteiger partial charge < -0.3 is 4.42 Å². The molecule has 0 saturated heterocycles. The fourth-order valence-corrected chi connectivity index (χ4v) is 2.19. The van der Waals surface area contributed by atoms with E-state index >= 15 is 0 Å². The second-order valence-corrected chi connectivity index (χ2v) is 4.41. The third-order valence-corrected chi connectivity index (χ3v) is 3.29. The van der Waals surface area contributed by atoms with Gasteiger partial charge in [0.05, 0.1) is 11.1 Å². The monoisotopic (exact) mass is 206 g/mol. The Morgan fingerprint density at radius 1 is 1.43 bits per heavy atom. The smallest absolute Gasteiger partial charge is 0.238 e. The predicted molar refractivity (Wildman–Crippen MR) is 55.9 cm³/mol. The Kier molecular flexibility index (Phi) is 2.25. The highest BCUT2D eigenvalue weighted by molar-refractivity contribution is 7.14. The first-order chi connectivity index (χ1) is 6.68. The molecule has 0 radical (unpaired) electrons. The quantitative estimate of drug-likeness (QED) is 0.706. The van der Waals surface area contributed by atoms with Gasteiger partial charge >= 0.3 is 0 Å². The van der Waals surface area contributed by atoms with Crippen LogP contribution in [0.2, 0.25) is 0 Å². The maximum atomic E-state index is 11.8. The zero-order valence-electron chi connectivity index (χ0n) is 8.03. The van der Waals surface area contributed by atoms with Gasteiger partial charge in [0.2, 0.25) is 5.78 Å². The van der Waals surface area contributed by atoms with E-state index in [1.807, 2.05) is 19.9 Å². The molecule has 2 aromatic heterocycles. The van der Waals surface area contributed by atoms with Crippen LogP contribution in [0.15, 0.2) is 28.9 Å². The maximum absolute atomic E-state index is 11.8. The van der Waals surface area contributed by atoms with Crippen LogP contribution in [0.25, 0.3) is 0 Å². The summed E-state index contributed by atoms with van der Waals surface area (Å²) in [7, 11) is 0. The van der Waals surface area contributed by atoms with E-state index in [0.717, 1.165) is 10.4 Å². The molecule has 14 heavy (non-hydrogen) atoms. The molecule has 72 valence electrons. The first kappa shape index (κ1) is 9.21. The van der Waals surface area contributed by atoms with Gasteiger partial charge in [-0.3, -0.25) is 4.79 Å². The minimum atomic E-state index is -0.0313. The van der Waals surface area contributed by atoms with E-state index in [1.165, 1.54) is 22.5 Å². The van der Waals surface area contributed by atoms with Crippen molar-refractivity contribution in [3.63, 3.8) is 0 Å². The van der Waals surface area contributed by atoms with E-state index in [0.29, 0.717) is 5.76 Å². The van der Waals surface area contributed by atoms with Crippen molar-refractivity contribution in [2.75, 3.05) is 0 Å². The Morgan fingerprint density at radius 3 is 2.71 bits per heavy atom. The topological polar surface area (TPSA) is 30.2 Å². The number of furan rings is 1. The molecule has 3 heteroatoms. The Labute approximate surface area is 86.2 Å². The van der Waals surface area contributed by atoms with E-state index in [2.05, 4.69) is 0 Å². The van der Waals surface area contributed by atoms with Gasteiger partial charge in [0.15, 0.2) is 5.76 Å². The molecule has 0 atom stereocenters. The molecule has 0 aliphatic carbocycles. The van der Waals surface area contributed by atoms with Crippen LogP contribution < -0.4 is 0 Å². The van der Waals surface area contributed by atoms with Gasteiger partial charge in [-0.1, -0.05) is 0 Å². The molecule has 0 aromatic carbocycles. The molecule has 2 aromatic rings. The van der Waals surface area contributed by atoms with E-state index in [1.54, 1.807) is 12.1 Å². The van der Waals surface area contributed by atoms with Gasteiger partial charge in [0.1, 0.15) is 0 Å². The summed E-state index contributed by atoms with van der Waals surface area (Å²) in [5, 5.41) is 0. The van der Waals surface area contributed by atoms with Crippen molar-refractivity contribution in [2.24, 2.45) is 0 Å². The molecular weight excluding hydrogens is 196 g/mol. The fraction of sp³-hybridized carbons (Fsp3) is 0.182. The van der Waals surface area contributed by atoms with Crippen molar-refractivity contribution in [2.45, 2.75) is 13.8 Å². The summed E-state index contributed by atoms with van der Waals surface area (Å²) in [5.74, 6) is 0.377. The van der Waals surface area contributed by atoms with Crippen LogP contribution in [0.4, 0.5) is 0 Å². The number of hydrogen-bond donors (Lipinski definition) is 0. The Balaban J connectivity index is 2.37. The van der Waals surface area contributed by atoms with Crippen LogP contribution in [0, 0.1) is 13.8 Å². The fourth-order valence-electron chi connectivity index (χ4n) is 1.21. The lowest BCUT2D eigenvalue weighted by Gasteiger charge is -1.90. The second kappa shape index (κ2) is 3.42. The van der Waals surface area contributed by atoms with Gasteiger partial charge in [-0.05, 0) is 37.6 Å². The zero-order chi connectivity index (χ0) is 10.1. The van der Waals surface area contributed by atoms with Crippen molar-refractivity contribution < 1.29 is 9.21 Å². The molecular formula is C11H10O2S. The summed E-state index contributed by atoms with van der Waals surface area (Å²) in [6, 6.07) is 5.32. The zero-order valence-corrected chi connectivity index (χ0v) is 8.85. The van der Waals surface area contributed by atoms with Crippen LogP contribution in [0.3, 0.4) is 0 Å². The third kappa shape index (κ3) is 1.51. The van der Waals surface area contributed by atoms with Crippen LogP contribution in [0.5, 0.6) is 0 Å². The van der Waals surface area contributed by atoms with Crippen LogP contribution in [0.1, 0.15) is 25.9 Å². The third-order valence-electron chi connectivity index (χ3n) is 2.13. The highest BCUT2D eigenvalue weighted by Gasteiger charge is 2.14. The first-order valence-corrected chi connectivity index (χ1v) is 5.15. The lowest BCUT2D eigenvalue weighted by molar-refractivity contribution is 0.101. The molecule has 2 heterocycles.